The lowest BCUT2D eigenvalue weighted by Gasteiger charge is -2.10. The predicted molar refractivity (Wildman–Crippen MR) is 80.8 cm³/mol. The summed E-state index contributed by atoms with van der Waals surface area (Å²) < 4.78 is 10.5. The maximum atomic E-state index is 5.30. The van der Waals surface area contributed by atoms with E-state index in [4.69, 9.17) is 9.47 Å². The van der Waals surface area contributed by atoms with Crippen LogP contribution in [-0.2, 0) is 6.54 Å². The molecule has 0 aliphatic carbocycles. The molecule has 0 atom stereocenters. The van der Waals surface area contributed by atoms with Crippen LogP contribution < -0.4 is 14.8 Å². The normalized spacial score (nSPS) is 10.6. The Balaban J connectivity index is 1.74. The Morgan fingerprint density at radius 2 is 1.95 bits per heavy atom. The third-order valence-corrected chi connectivity index (χ3v) is 3.22. The second-order valence-corrected chi connectivity index (χ2v) is 4.54. The Bertz CT molecular complexity index is 754. The van der Waals surface area contributed by atoms with Crippen LogP contribution in [0, 0.1) is 0 Å². The van der Waals surface area contributed by atoms with Crippen molar-refractivity contribution < 1.29 is 9.47 Å². The third-order valence-electron chi connectivity index (χ3n) is 3.22. The Hall–Kier alpha value is -2.76. The van der Waals surface area contributed by atoms with Gasteiger partial charge in [0, 0.05) is 6.54 Å². The number of hydrogen-bond donors (Lipinski definition) is 2. The first kappa shape index (κ1) is 13.2. The Morgan fingerprint density at radius 3 is 2.76 bits per heavy atom. The fourth-order valence-corrected chi connectivity index (χ4v) is 2.12. The summed E-state index contributed by atoms with van der Waals surface area (Å²) in [6, 6.07) is 7.80. The van der Waals surface area contributed by atoms with Crippen molar-refractivity contribution in [1.29, 1.82) is 0 Å². The number of anilines is 1. The summed E-state index contributed by atoms with van der Waals surface area (Å²) in [6.45, 7) is 0.665. The zero-order valence-electron chi connectivity index (χ0n) is 11.9. The lowest BCUT2D eigenvalue weighted by atomic mass is 10.2. The summed E-state index contributed by atoms with van der Waals surface area (Å²) in [5.41, 5.74) is 3.64. The molecule has 2 aromatic heterocycles. The number of benzene rings is 1. The van der Waals surface area contributed by atoms with Gasteiger partial charge in [0.05, 0.1) is 32.4 Å². The Labute approximate surface area is 122 Å². The van der Waals surface area contributed by atoms with Crippen molar-refractivity contribution in [3.05, 3.63) is 42.4 Å². The standard InChI is InChI=1S/C15H16N4O2/c1-20-13-4-3-10(5-14(13)21-2)7-16-11-6-12-15(17-8-11)19-9-18-12/h3-6,8-9,16H,7H2,1-2H3,(H,17,18,19). The number of H-pyrrole nitrogens is 1. The van der Waals surface area contributed by atoms with Crippen LogP contribution in [0.3, 0.4) is 0 Å². The fraction of sp³-hybridized carbons (Fsp3) is 0.200. The van der Waals surface area contributed by atoms with Crippen molar-refractivity contribution >= 4 is 16.9 Å². The number of aromatic nitrogens is 3. The Morgan fingerprint density at radius 1 is 1.10 bits per heavy atom. The molecule has 0 amide bonds. The van der Waals surface area contributed by atoms with E-state index in [1.54, 1.807) is 26.7 Å². The van der Waals surface area contributed by atoms with Gasteiger partial charge in [0.15, 0.2) is 17.1 Å². The largest absolute Gasteiger partial charge is 0.493 e. The molecule has 0 saturated heterocycles. The van der Waals surface area contributed by atoms with Gasteiger partial charge in [-0.05, 0) is 23.8 Å². The average molecular weight is 284 g/mol. The number of fused-ring (bicyclic) bond motifs is 1. The van der Waals surface area contributed by atoms with E-state index < -0.39 is 0 Å². The number of rotatable bonds is 5. The molecule has 0 aliphatic rings. The van der Waals surface area contributed by atoms with E-state index in [2.05, 4.69) is 20.3 Å². The van der Waals surface area contributed by atoms with Crippen LogP contribution in [0.25, 0.3) is 11.2 Å². The van der Waals surface area contributed by atoms with Crippen LogP contribution >= 0.6 is 0 Å². The van der Waals surface area contributed by atoms with Gasteiger partial charge in [-0.3, -0.25) is 0 Å². The Kier molecular flexibility index (Phi) is 3.59. The summed E-state index contributed by atoms with van der Waals surface area (Å²) in [5, 5.41) is 3.32. The molecule has 0 radical (unpaired) electrons. The number of pyridine rings is 1. The molecule has 6 nitrogen and oxygen atoms in total. The number of aromatic amines is 1. The molecule has 2 N–H and O–H groups in total. The molecule has 6 heteroatoms. The summed E-state index contributed by atoms with van der Waals surface area (Å²) in [7, 11) is 3.25. The monoisotopic (exact) mass is 284 g/mol. The molecule has 0 bridgehead atoms. The zero-order valence-corrected chi connectivity index (χ0v) is 11.9. The van der Waals surface area contributed by atoms with Crippen LogP contribution in [0.5, 0.6) is 11.5 Å². The maximum absolute atomic E-state index is 5.30. The van der Waals surface area contributed by atoms with E-state index in [-0.39, 0.29) is 0 Å². The molecule has 3 rings (SSSR count). The molecule has 0 fully saturated rings. The van der Waals surface area contributed by atoms with Crippen LogP contribution in [0.2, 0.25) is 0 Å². The number of ether oxygens (including phenoxy) is 2. The average Bonchev–Trinajstić information content (AvgIpc) is 3.00. The molecule has 0 unspecified atom stereocenters. The molecule has 21 heavy (non-hydrogen) atoms. The van der Waals surface area contributed by atoms with Crippen LogP contribution in [0.15, 0.2) is 36.8 Å². The topological polar surface area (TPSA) is 72.1 Å². The first-order valence-corrected chi connectivity index (χ1v) is 6.54. The van der Waals surface area contributed by atoms with E-state index in [1.165, 1.54) is 0 Å². The summed E-state index contributed by atoms with van der Waals surface area (Å²) in [4.78, 5) is 11.4. The highest BCUT2D eigenvalue weighted by Gasteiger charge is 2.05. The number of hydrogen-bond acceptors (Lipinski definition) is 5. The van der Waals surface area contributed by atoms with Gasteiger partial charge in [-0.25, -0.2) is 9.97 Å². The second-order valence-electron chi connectivity index (χ2n) is 4.54. The lowest BCUT2D eigenvalue weighted by molar-refractivity contribution is 0.354. The van der Waals surface area contributed by atoms with Gasteiger partial charge in [0.2, 0.25) is 0 Å². The molecular formula is C15H16N4O2. The highest BCUT2D eigenvalue weighted by Crippen LogP contribution is 2.27. The SMILES string of the molecule is COc1ccc(CNc2cnc3[nH]cnc3c2)cc1OC. The van der Waals surface area contributed by atoms with Crippen molar-refractivity contribution in [2.75, 3.05) is 19.5 Å². The molecule has 0 aliphatic heterocycles. The number of methoxy groups -OCH3 is 2. The molecular weight excluding hydrogens is 268 g/mol. The third kappa shape index (κ3) is 2.74. The van der Waals surface area contributed by atoms with E-state index in [9.17, 15) is 0 Å². The van der Waals surface area contributed by atoms with Gasteiger partial charge in [-0.2, -0.15) is 0 Å². The number of nitrogens with one attached hydrogen (secondary N) is 2. The lowest BCUT2D eigenvalue weighted by Crippen LogP contribution is -2.01. The van der Waals surface area contributed by atoms with E-state index >= 15 is 0 Å². The van der Waals surface area contributed by atoms with E-state index in [1.807, 2.05) is 24.3 Å². The maximum Gasteiger partial charge on any atom is 0.161 e. The van der Waals surface area contributed by atoms with Gasteiger partial charge >= 0.3 is 0 Å². The predicted octanol–water partition coefficient (Wildman–Crippen LogP) is 2.59. The summed E-state index contributed by atoms with van der Waals surface area (Å²) in [6.07, 6.45) is 3.41. The molecule has 3 aromatic rings. The number of nitrogens with zero attached hydrogens (tertiary/aromatic N) is 2. The zero-order chi connectivity index (χ0) is 14.7. The van der Waals surface area contributed by atoms with Gasteiger partial charge in [-0.15, -0.1) is 0 Å². The minimum absolute atomic E-state index is 0.665. The molecule has 2 heterocycles. The van der Waals surface area contributed by atoms with Crippen molar-refractivity contribution in [2.45, 2.75) is 6.54 Å². The molecule has 0 saturated carbocycles. The molecule has 1 aromatic carbocycles. The van der Waals surface area contributed by atoms with Gasteiger partial charge in [0.1, 0.15) is 5.52 Å². The minimum atomic E-state index is 0.665. The summed E-state index contributed by atoms with van der Waals surface area (Å²) >= 11 is 0. The fourth-order valence-electron chi connectivity index (χ4n) is 2.12. The summed E-state index contributed by atoms with van der Waals surface area (Å²) in [5.74, 6) is 1.44. The first-order valence-electron chi connectivity index (χ1n) is 6.54. The minimum Gasteiger partial charge on any atom is -0.493 e. The number of imidazole rings is 1. The van der Waals surface area contributed by atoms with Gasteiger partial charge in [-0.1, -0.05) is 6.07 Å². The van der Waals surface area contributed by atoms with E-state index in [0.717, 1.165) is 33.9 Å². The van der Waals surface area contributed by atoms with Crippen molar-refractivity contribution in [3.8, 4) is 11.5 Å². The van der Waals surface area contributed by atoms with Crippen molar-refractivity contribution in [1.82, 2.24) is 15.0 Å². The van der Waals surface area contributed by atoms with Crippen LogP contribution in [-0.4, -0.2) is 29.2 Å². The van der Waals surface area contributed by atoms with Crippen molar-refractivity contribution in [2.24, 2.45) is 0 Å². The highest BCUT2D eigenvalue weighted by molar-refractivity contribution is 5.73. The molecule has 108 valence electrons. The first-order chi connectivity index (χ1) is 10.3. The van der Waals surface area contributed by atoms with Crippen LogP contribution in [0.1, 0.15) is 5.56 Å². The smallest absolute Gasteiger partial charge is 0.161 e. The van der Waals surface area contributed by atoms with Crippen LogP contribution in [0.4, 0.5) is 5.69 Å². The van der Waals surface area contributed by atoms with Gasteiger partial charge < -0.3 is 19.8 Å². The second kappa shape index (κ2) is 5.70. The van der Waals surface area contributed by atoms with E-state index in [0.29, 0.717) is 6.54 Å². The molecule has 0 spiro atoms. The van der Waals surface area contributed by atoms with Gasteiger partial charge in [0.25, 0.3) is 0 Å². The van der Waals surface area contributed by atoms with Crippen molar-refractivity contribution in [3.63, 3.8) is 0 Å². The highest BCUT2D eigenvalue weighted by atomic mass is 16.5. The quantitative estimate of drug-likeness (QED) is 0.753.